The Morgan fingerprint density at radius 3 is 2.43 bits per heavy atom. The largest absolute Gasteiger partial charge is 0.497 e. The van der Waals surface area contributed by atoms with E-state index in [1.807, 2.05) is 49.4 Å². The normalized spacial score (nSPS) is 17.9. The minimum atomic E-state index is -0.783. The number of ether oxygens (including phenoxy) is 3. The van der Waals surface area contributed by atoms with Crippen molar-refractivity contribution in [3.05, 3.63) is 53.6 Å². The van der Waals surface area contributed by atoms with E-state index in [-0.39, 0.29) is 6.04 Å². The van der Waals surface area contributed by atoms with Gasteiger partial charge in [0.2, 0.25) is 0 Å². The van der Waals surface area contributed by atoms with Gasteiger partial charge in [0, 0.05) is 6.54 Å². The van der Waals surface area contributed by atoms with E-state index in [0.717, 1.165) is 29.8 Å². The molecule has 2 unspecified atom stereocenters. The highest BCUT2D eigenvalue weighted by Gasteiger charge is 2.37. The van der Waals surface area contributed by atoms with Gasteiger partial charge in [-0.1, -0.05) is 18.2 Å². The summed E-state index contributed by atoms with van der Waals surface area (Å²) < 4.78 is 16.4. The standard InChI is InChI=1S/C22H27NO5/c1-4-28-20-14-16(9-12-19(20)27-3)21(15-7-10-17(26-2)11-8-15)23-13-5-6-18(23)22(24)25/h7-12,14,18,21H,4-6,13H2,1-3H3,(H,24,25). The lowest BCUT2D eigenvalue weighted by Crippen LogP contribution is -2.39. The molecule has 1 heterocycles. The maximum absolute atomic E-state index is 11.8. The molecule has 6 nitrogen and oxygen atoms in total. The molecule has 0 radical (unpaired) electrons. The average molecular weight is 385 g/mol. The van der Waals surface area contributed by atoms with Crippen LogP contribution >= 0.6 is 0 Å². The van der Waals surface area contributed by atoms with Gasteiger partial charge in [-0.05, 0) is 55.2 Å². The van der Waals surface area contributed by atoms with Crippen LogP contribution in [0.15, 0.2) is 42.5 Å². The van der Waals surface area contributed by atoms with E-state index in [2.05, 4.69) is 4.90 Å². The quantitative estimate of drug-likeness (QED) is 0.747. The van der Waals surface area contributed by atoms with Crippen LogP contribution in [-0.4, -0.2) is 49.4 Å². The van der Waals surface area contributed by atoms with Crippen molar-refractivity contribution in [2.75, 3.05) is 27.4 Å². The van der Waals surface area contributed by atoms with Gasteiger partial charge in [-0.3, -0.25) is 9.69 Å². The lowest BCUT2D eigenvalue weighted by atomic mass is 9.95. The Kier molecular flexibility index (Phi) is 6.41. The van der Waals surface area contributed by atoms with Crippen molar-refractivity contribution in [3.8, 4) is 17.2 Å². The van der Waals surface area contributed by atoms with E-state index in [4.69, 9.17) is 14.2 Å². The smallest absolute Gasteiger partial charge is 0.320 e. The second-order valence-corrected chi connectivity index (χ2v) is 6.75. The molecular formula is C22H27NO5. The number of rotatable bonds is 8. The molecule has 0 aromatic heterocycles. The summed E-state index contributed by atoms with van der Waals surface area (Å²) in [5, 5.41) is 9.72. The molecule has 1 aliphatic rings. The number of aliphatic carboxylic acids is 1. The monoisotopic (exact) mass is 385 g/mol. The lowest BCUT2D eigenvalue weighted by Gasteiger charge is -2.32. The van der Waals surface area contributed by atoms with Gasteiger partial charge in [0.15, 0.2) is 11.5 Å². The molecule has 1 N–H and O–H groups in total. The van der Waals surface area contributed by atoms with Gasteiger partial charge >= 0.3 is 5.97 Å². The van der Waals surface area contributed by atoms with Gasteiger partial charge in [-0.25, -0.2) is 0 Å². The Hall–Kier alpha value is -2.73. The van der Waals surface area contributed by atoms with Crippen molar-refractivity contribution in [2.24, 2.45) is 0 Å². The summed E-state index contributed by atoms with van der Waals surface area (Å²) in [6.45, 7) is 3.17. The maximum atomic E-state index is 11.8. The first-order valence-electron chi connectivity index (χ1n) is 9.52. The fourth-order valence-electron chi connectivity index (χ4n) is 3.86. The first-order chi connectivity index (χ1) is 13.6. The van der Waals surface area contributed by atoms with E-state index < -0.39 is 12.0 Å². The van der Waals surface area contributed by atoms with Crippen LogP contribution in [0.5, 0.6) is 17.2 Å². The molecule has 0 aliphatic carbocycles. The summed E-state index contributed by atoms with van der Waals surface area (Å²) in [5.74, 6) is 1.31. The third-order valence-corrected chi connectivity index (χ3v) is 5.15. The second kappa shape index (κ2) is 8.97. The molecule has 0 spiro atoms. The molecule has 150 valence electrons. The molecule has 0 amide bonds. The Bertz CT molecular complexity index is 805. The van der Waals surface area contributed by atoms with Crippen LogP contribution in [0.25, 0.3) is 0 Å². The molecule has 1 aliphatic heterocycles. The summed E-state index contributed by atoms with van der Waals surface area (Å²) in [5.41, 5.74) is 1.99. The van der Waals surface area contributed by atoms with Gasteiger partial charge < -0.3 is 19.3 Å². The molecule has 2 aromatic carbocycles. The molecule has 0 saturated carbocycles. The number of nitrogens with zero attached hydrogens (tertiary/aromatic N) is 1. The second-order valence-electron chi connectivity index (χ2n) is 6.75. The molecule has 2 aromatic rings. The highest BCUT2D eigenvalue weighted by Crippen LogP contribution is 2.39. The molecule has 1 fully saturated rings. The van der Waals surface area contributed by atoms with Crippen molar-refractivity contribution in [2.45, 2.75) is 31.8 Å². The maximum Gasteiger partial charge on any atom is 0.320 e. The van der Waals surface area contributed by atoms with Crippen LogP contribution in [0.2, 0.25) is 0 Å². The molecular weight excluding hydrogens is 358 g/mol. The van der Waals surface area contributed by atoms with E-state index in [9.17, 15) is 9.90 Å². The number of hydrogen-bond donors (Lipinski definition) is 1. The average Bonchev–Trinajstić information content (AvgIpc) is 3.19. The Balaban J connectivity index is 2.07. The van der Waals surface area contributed by atoms with Crippen molar-refractivity contribution in [3.63, 3.8) is 0 Å². The summed E-state index contributed by atoms with van der Waals surface area (Å²) in [4.78, 5) is 13.9. The van der Waals surface area contributed by atoms with E-state index in [1.165, 1.54) is 0 Å². The fraction of sp³-hybridized carbons (Fsp3) is 0.409. The predicted molar refractivity (Wildman–Crippen MR) is 106 cm³/mol. The number of carboxylic acids is 1. The van der Waals surface area contributed by atoms with Crippen LogP contribution in [-0.2, 0) is 4.79 Å². The third-order valence-electron chi connectivity index (χ3n) is 5.15. The minimum absolute atomic E-state index is 0.195. The number of carboxylic acid groups (broad SMARTS) is 1. The number of likely N-dealkylation sites (tertiary alicyclic amines) is 1. The van der Waals surface area contributed by atoms with Gasteiger partial charge in [0.05, 0.1) is 26.9 Å². The van der Waals surface area contributed by atoms with Crippen LogP contribution in [0.4, 0.5) is 0 Å². The van der Waals surface area contributed by atoms with Crippen LogP contribution < -0.4 is 14.2 Å². The highest BCUT2D eigenvalue weighted by molar-refractivity contribution is 5.74. The fourth-order valence-corrected chi connectivity index (χ4v) is 3.86. The number of methoxy groups -OCH3 is 2. The number of hydrogen-bond acceptors (Lipinski definition) is 5. The van der Waals surface area contributed by atoms with Gasteiger partial charge in [0.25, 0.3) is 0 Å². The van der Waals surface area contributed by atoms with Crippen LogP contribution in [0.3, 0.4) is 0 Å². The van der Waals surface area contributed by atoms with Crippen molar-refractivity contribution >= 4 is 5.97 Å². The number of carbonyl (C=O) groups is 1. The van der Waals surface area contributed by atoms with Crippen molar-refractivity contribution < 1.29 is 24.1 Å². The lowest BCUT2D eigenvalue weighted by molar-refractivity contribution is -0.142. The number of benzene rings is 2. The Labute approximate surface area is 165 Å². The van der Waals surface area contributed by atoms with E-state index in [0.29, 0.717) is 24.5 Å². The molecule has 0 bridgehead atoms. The van der Waals surface area contributed by atoms with Crippen molar-refractivity contribution in [1.82, 2.24) is 4.90 Å². The molecule has 3 rings (SSSR count). The molecule has 1 saturated heterocycles. The summed E-state index contributed by atoms with van der Waals surface area (Å²) in [6.07, 6.45) is 1.51. The zero-order valence-corrected chi connectivity index (χ0v) is 16.6. The first kappa shape index (κ1) is 20.0. The Morgan fingerprint density at radius 1 is 1.11 bits per heavy atom. The summed E-state index contributed by atoms with van der Waals surface area (Å²) in [6, 6.07) is 12.9. The topological polar surface area (TPSA) is 68.2 Å². The summed E-state index contributed by atoms with van der Waals surface area (Å²) in [7, 11) is 3.24. The van der Waals surface area contributed by atoms with Gasteiger partial charge in [0.1, 0.15) is 11.8 Å². The van der Waals surface area contributed by atoms with E-state index >= 15 is 0 Å². The first-order valence-corrected chi connectivity index (χ1v) is 9.52. The minimum Gasteiger partial charge on any atom is -0.497 e. The van der Waals surface area contributed by atoms with Crippen molar-refractivity contribution in [1.29, 1.82) is 0 Å². The van der Waals surface area contributed by atoms with Gasteiger partial charge in [-0.2, -0.15) is 0 Å². The molecule has 6 heteroatoms. The Morgan fingerprint density at radius 2 is 1.82 bits per heavy atom. The molecule has 28 heavy (non-hydrogen) atoms. The zero-order chi connectivity index (χ0) is 20.1. The van der Waals surface area contributed by atoms with Crippen LogP contribution in [0, 0.1) is 0 Å². The van der Waals surface area contributed by atoms with Crippen LogP contribution in [0.1, 0.15) is 36.9 Å². The predicted octanol–water partition coefficient (Wildman–Crippen LogP) is 3.74. The zero-order valence-electron chi connectivity index (χ0n) is 16.6. The van der Waals surface area contributed by atoms with E-state index in [1.54, 1.807) is 14.2 Å². The SMILES string of the molecule is CCOc1cc(C(c2ccc(OC)cc2)N2CCCC2C(=O)O)ccc1OC. The summed E-state index contributed by atoms with van der Waals surface area (Å²) >= 11 is 0. The third kappa shape index (κ3) is 4.07. The molecule has 2 atom stereocenters. The van der Waals surface area contributed by atoms with Gasteiger partial charge in [-0.15, -0.1) is 0 Å². The highest BCUT2D eigenvalue weighted by atomic mass is 16.5.